The van der Waals surface area contributed by atoms with Crippen molar-refractivity contribution in [2.45, 2.75) is 31.7 Å². The van der Waals surface area contributed by atoms with Gasteiger partial charge in [0.25, 0.3) is 5.91 Å². The Morgan fingerprint density at radius 3 is 2.96 bits per heavy atom. The topological polar surface area (TPSA) is 79.7 Å². The first kappa shape index (κ1) is 19.6. The number of rotatable bonds is 7. The molecule has 0 spiro atoms. The van der Waals surface area contributed by atoms with Crippen LogP contribution in [0.15, 0.2) is 43.1 Å². The molecule has 1 aliphatic heterocycles. The van der Waals surface area contributed by atoms with Crippen LogP contribution in [-0.4, -0.2) is 46.4 Å². The molecule has 1 amide bonds. The number of aromatic nitrogens is 1. The number of aldehydes is 1. The second-order valence-corrected chi connectivity index (χ2v) is 6.73. The largest absolute Gasteiger partial charge is 0.507 e. The number of nitrogens with zero attached hydrogens (tertiary/aromatic N) is 2. The van der Waals surface area contributed by atoms with Crippen molar-refractivity contribution in [3.63, 3.8) is 0 Å². The average Bonchev–Trinajstić information content (AvgIpc) is 2.73. The van der Waals surface area contributed by atoms with Crippen LogP contribution in [0.25, 0.3) is 6.08 Å². The molecule has 28 heavy (non-hydrogen) atoms. The van der Waals surface area contributed by atoms with Crippen molar-refractivity contribution >= 4 is 18.3 Å². The van der Waals surface area contributed by atoms with Gasteiger partial charge in [-0.15, -0.1) is 0 Å². The summed E-state index contributed by atoms with van der Waals surface area (Å²) < 4.78 is 5.73. The van der Waals surface area contributed by atoms with Crippen molar-refractivity contribution in [1.82, 2.24) is 9.88 Å². The highest BCUT2D eigenvalue weighted by atomic mass is 16.5. The zero-order valence-corrected chi connectivity index (χ0v) is 15.7. The van der Waals surface area contributed by atoms with E-state index in [-0.39, 0.29) is 23.3 Å². The number of hydrogen-bond acceptors (Lipinski definition) is 5. The Hall–Kier alpha value is -3.15. The molecule has 6 nitrogen and oxygen atoms in total. The second-order valence-electron chi connectivity index (χ2n) is 6.73. The first-order chi connectivity index (χ1) is 13.7. The van der Waals surface area contributed by atoms with Gasteiger partial charge in [-0.2, -0.15) is 0 Å². The number of carbonyl (C=O) groups is 2. The van der Waals surface area contributed by atoms with Gasteiger partial charge in [0, 0.05) is 25.2 Å². The van der Waals surface area contributed by atoms with Gasteiger partial charge in [-0.05, 0) is 49.6 Å². The van der Waals surface area contributed by atoms with Gasteiger partial charge in [-0.1, -0.05) is 12.6 Å². The minimum atomic E-state index is -0.101. The van der Waals surface area contributed by atoms with Gasteiger partial charge in [0.2, 0.25) is 0 Å². The van der Waals surface area contributed by atoms with Gasteiger partial charge in [0.1, 0.15) is 11.5 Å². The van der Waals surface area contributed by atoms with Crippen LogP contribution in [0.2, 0.25) is 0 Å². The summed E-state index contributed by atoms with van der Waals surface area (Å²) in [4.78, 5) is 30.4. The molecule has 2 heterocycles. The lowest BCUT2D eigenvalue weighted by atomic mass is 9.98. The average molecular weight is 380 g/mol. The Balaban J connectivity index is 1.69. The van der Waals surface area contributed by atoms with E-state index in [1.165, 1.54) is 6.07 Å². The van der Waals surface area contributed by atoms with Gasteiger partial charge in [-0.3, -0.25) is 14.6 Å². The van der Waals surface area contributed by atoms with Crippen LogP contribution in [0.4, 0.5) is 0 Å². The minimum absolute atomic E-state index is 0.0429. The SMILES string of the molecule is C=Cc1ncccc1C(=O)N1CCCC[C@H]1CCOc1cccc(O)c1C=O. The lowest BCUT2D eigenvalue weighted by Gasteiger charge is -2.36. The molecule has 6 heteroatoms. The third-order valence-electron chi connectivity index (χ3n) is 5.02. The molecule has 1 aliphatic rings. The molecule has 0 radical (unpaired) electrons. The molecular formula is C22H24N2O4. The molecule has 0 aliphatic carbocycles. The third kappa shape index (κ3) is 4.22. The highest BCUT2D eigenvalue weighted by Crippen LogP contribution is 2.27. The highest BCUT2D eigenvalue weighted by molar-refractivity contribution is 5.97. The van der Waals surface area contributed by atoms with E-state index in [0.29, 0.717) is 42.9 Å². The monoisotopic (exact) mass is 380 g/mol. The summed E-state index contributed by atoms with van der Waals surface area (Å²) in [6, 6.07) is 8.31. The predicted molar refractivity (Wildman–Crippen MR) is 107 cm³/mol. The van der Waals surface area contributed by atoms with Gasteiger partial charge >= 0.3 is 0 Å². The van der Waals surface area contributed by atoms with Crippen molar-refractivity contribution in [2.24, 2.45) is 0 Å². The molecule has 0 bridgehead atoms. The molecule has 1 aromatic carbocycles. The zero-order valence-electron chi connectivity index (χ0n) is 15.7. The fourth-order valence-corrected chi connectivity index (χ4v) is 3.57. The van der Waals surface area contributed by atoms with E-state index in [0.717, 1.165) is 19.3 Å². The van der Waals surface area contributed by atoms with E-state index in [9.17, 15) is 14.7 Å². The summed E-state index contributed by atoms with van der Waals surface area (Å²) in [6.45, 7) is 4.79. The van der Waals surface area contributed by atoms with E-state index < -0.39 is 0 Å². The van der Waals surface area contributed by atoms with Crippen LogP contribution < -0.4 is 4.74 Å². The Kier molecular flexibility index (Phi) is 6.42. The number of hydrogen-bond donors (Lipinski definition) is 1. The van der Waals surface area contributed by atoms with Crippen LogP contribution >= 0.6 is 0 Å². The van der Waals surface area contributed by atoms with Crippen LogP contribution in [0.3, 0.4) is 0 Å². The number of phenols is 1. The molecule has 1 atom stereocenters. The molecule has 1 aromatic heterocycles. The first-order valence-corrected chi connectivity index (χ1v) is 9.44. The molecule has 1 saturated heterocycles. The summed E-state index contributed by atoms with van der Waals surface area (Å²) in [6.07, 6.45) is 7.40. The van der Waals surface area contributed by atoms with Crippen molar-refractivity contribution < 1.29 is 19.4 Å². The zero-order chi connectivity index (χ0) is 19.9. The van der Waals surface area contributed by atoms with Crippen LogP contribution in [-0.2, 0) is 0 Å². The Morgan fingerprint density at radius 1 is 1.32 bits per heavy atom. The first-order valence-electron chi connectivity index (χ1n) is 9.44. The third-order valence-corrected chi connectivity index (χ3v) is 5.02. The van der Waals surface area contributed by atoms with Crippen molar-refractivity contribution in [3.05, 3.63) is 59.9 Å². The van der Waals surface area contributed by atoms with E-state index in [2.05, 4.69) is 11.6 Å². The predicted octanol–water partition coefficient (Wildman–Crippen LogP) is 3.71. The number of pyridine rings is 1. The second kappa shape index (κ2) is 9.17. The van der Waals surface area contributed by atoms with Crippen molar-refractivity contribution in [3.8, 4) is 11.5 Å². The maximum absolute atomic E-state index is 13.1. The van der Waals surface area contributed by atoms with Gasteiger partial charge in [0.15, 0.2) is 6.29 Å². The van der Waals surface area contributed by atoms with Gasteiger partial charge < -0.3 is 14.7 Å². The van der Waals surface area contributed by atoms with Gasteiger partial charge in [-0.25, -0.2) is 0 Å². The number of phenolic OH excluding ortho intramolecular Hbond substituents is 1. The van der Waals surface area contributed by atoms with Crippen LogP contribution in [0.1, 0.15) is 52.1 Å². The summed E-state index contributed by atoms with van der Waals surface area (Å²) >= 11 is 0. The van der Waals surface area contributed by atoms with Crippen molar-refractivity contribution in [1.29, 1.82) is 0 Å². The van der Waals surface area contributed by atoms with Crippen LogP contribution in [0, 0.1) is 0 Å². The molecule has 0 saturated carbocycles. The number of aromatic hydroxyl groups is 1. The van der Waals surface area contributed by atoms with E-state index in [4.69, 9.17) is 4.74 Å². The molecule has 1 N–H and O–H groups in total. The molecule has 146 valence electrons. The minimum Gasteiger partial charge on any atom is -0.507 e. The standard InChI is InChI=1S/C22H24N2O4/c1-2-19-17(8-6-12-23-19)22(27)24-13-4-3-7-16(24)11-14-28-21-10-5-9-20(26)18(21)15-25/h2,5-6,8-10,12,15-16,26H,1,3-4,7,11,13-14H2/t16-/m0/s1. The number of piperidine rings is 1. The normalized spacial score (nSPS) is 16.4. The van der Waals surface area contributed by atoms with E-state index in [1.807, 2.05) is 4.90 Å². The number of ether oxygens (including phenoxy) is 1. The number of carbonyl (C=O) groups excluding carboxylic acids is 2. The highest BCUT2D eigenvalue weighted by Gasteiger charge is 2.28. The van der Waals surface area contributed by atoms with E-state index >= 15 is 0 Å². The quantitative estimate of drug-likeness (QED) is 0.741. The fraction of sp³-hybridized carbons (Fsp3) is 0.318. The Labute approximate surface area is 164 Å². The Morgan fingerprint density at radius 2 is 2.18 bits per heavy atom. The summed E-state index contributed by atoms with van der Waals surface area (Å²) in [7, 11) is 0. The number of benzene rings is 1. The number of likely N-dealkylation sites (tertiary alicyclic amines) is 1. The Bertz CT molecular complexity index is 865. The fourth-order valence-electron chi connectivity index (χ4n) is 3.57. The molecular weight excluding hydrogens is 356 g/mol. The van der Waals surface area contributed by atoms with Crippen molar-refractivity contribution in [2.75, 3.05) is 13.2 Å². The molecule has 2 aromatic rings. The molecule has 3 rings (SSSR count). The summed E-state index contributed by atoms with van der Waals surface area (Å²) in [5.41, 5.74) is 1.29. The van der Waals surface area contributed by atoms with Gasteiger partial charge in [0.05, 0.1) is 23.4 Å². The maximum Gasteiger partial charge on any atom is 0.256 e. The lowest BCUT2D eigenvalue weighted by Crippen LogP contribution is -2.44. The lowest BCUT2D eigenvalue weighted by molar-refractivity contribution is 0.0580. The van der Waals surface area contributed by atoms with E-state index in [1.54, 1.807) is 36.5 Å². The summed E-state index contributed by atoms with van der Waals surface area (Å²) in [5.74, 6) is 0.207. The number of amides is 1. The maximum atomic E-state index is 13.1. The molecule has 0 unspecified atom stereocenters. The molecule has 1 fully saturated rings. The summed E-state index contributed by atoms with van der Waals surface area (Å²) in [5, 5.41) is 9.75. The smallest absolute Gasteiger partial charge is 0.256 e. The van der Waals surface area contributed by atoms with Crippen LogP contribution in [0.5, 0.6) is 11.5 Å².